The summed E-state index contributed by atoms with van der Waals surface area (Å²) >= 11 is 0. The molecule has 0 unspecified atom stereocenters. The minimum absolute atomic E-state index is 0.0903. The molecular formula is C7H7O2. The predicted molar refractivity (Wildman–Crippen MR) is 32.5 cm³/mol. The lowest BCUT2D eigenvalue weighted by molar-refractivity contribution is 0.174. The molecule has 1 aromatic carbocycles. The number of aromatic hydroxyl groups is 1. The van der Waals surface area contributed by atoms with Gasteiger partial charge >= 0.3 is 0 Å². The predicted octanol–water partition coefficient (Wildman–Crippen LogP) is 1.32. The first-order valence-corrected chi connectivity index (χ1v) is 2.69. The van der Waals surface area contributed by atoms with Gasteiger partial charge in [-0.2, -0.15) is 0 Å². The molecule has 0 amide bonds. The van der Waals surface area contributed by atoms with Gasteiger partial charge in [-0.3, -0.25) is 0 Å². The van der Waals surface area contributed by atoms with Crippen molar-refractivity contribution in [2.75, 3.05) is 0 Å². The van der Waals surface area contributed by atoms with E-state index in [0.29, 0.717) is 5.56 Å². The molecule has 2 nitrogen and oxygen atoms in total. The number of rotatable bonds is 1. The van der Waals surface area contributed by atoms with Crippen molar-refractivity contribution in [2.24, 2.45) is 0 Å². The average molecular weight is 123 g/mol. The SMILES string of the molecule is [O]Cc1ccccc1O. The van der Waals surface area contributed by atoms with E-state index >= 15 is 0 Å². The Bertz CT molecular complexity index is 196. The fourth-order valence-corrected chi connectivity index (χ4v) is 0.633. The van der Waals surface area contributed by atoms with E-state index in [1.54, 1.807) is 18.2 Å². The van der Waals surface area contributed by atoms with Crippen molar-refractivity contribution in [3.8, 4) is 5.75 Å². The van der Waals surface area contributed by atoms with Crippen LogP contribution in [-0.4, -0.2) is 5.11 Å². The van der Waals surface area contributed by atoms with Crippen molar-refractivity contribution in [3.63, 3.8) is 0 Å². The summed E-state index contributed by atoms with van der Waals surface area (Å²) in [6.45, 7) is -0.354. The van der Waals surface area contributed by atoms with Crippen molar-refractivity contribution < 1.29 is 10.2 Å². The third kappa shape index (κ3) is 1.21. The van der Waals surface area contributed by atoms with Gasteiger partial charge in [0.05, 0.1) is 0 Å². The van der Waals surface area contributed by atoms with E-state index in [2.05, 4.69) is 0 Å². The highest BCUT2D eigenvalue weighted by Gasteiger charge is 1.94. The van der Waals surface area contributed by atoms with Crippen molar-refractivity contribution >= 4 is 0 Å². The normalized spacial score (nSPS) is 9.44. The van der Waals surface area contributed by atoms with Gasteiger partial charge in [-0.15, -0.1) is 0 Å². The Hall–Kier alpha value is -1.02. The second-order valence-electron chi connectivity index (χ2n) is 1.77. The molecule has 1 aromatic rings. The van der Waals surface area contributed by atoms with E-state index < -0.39 is 0 Å². The quantitative estimate of drug-likeness (QED) is 0.601. The Kier molecular flexibility index (Phi) is 1.70. The monoisotopic (exact) mass is 123 g/mol. The molecule has 1 N–H and O–H groups in total. The third-order valence-electron chi connectivity index (χ3n) is 1.15. The highest BCUT2D eigenvalue weighted by atomic mass is 16.3. The van der Waals surface area contributed by atoms with Crippen molar-refractivity contribution in [2.45, 2.75) is 6.61 Å². The van der Waals surface area contributed by atoms with Gasteiger partial charge in [-0.1, -0.05) is 18.2 Å². The minimum atomic E-state index is -0.354. The number of hydrogen-bond donors (Lipinski definition) is 1. The third-order valence-corrected chi connectivity index (χ3v) is 1.15. The molecule has 47 valence electrons. The average Bonchev–Trinajstić information content (AvgIpc) is 1.89. The van der Waals surface area contributed by atoms with Gasteiger partial charge < -0.3 is 5.11 Å². The molecule has 0 spiro atoms. The van der Waals surface area contributed by atoms with E-state index in [1.165, 1.54) is 6.07 Å². The van der Waals surface area contributed by atoms with Crippen molar-refractivity contribution in [1.82, 2.24) is 0 Å². The summed E-state index contributed by atoms with van der Waals surface area (Å²) in [4.78, 5) is 0. The number of hydrogen-bond acceptors (Lipinski definition) is 1. The maximum Gasteiger partial charge on any atom is 0.121 e. The highest BCUT2D eigenvalue weighted by Crippen LogP contribution is 2.14. The van der Waals surface area contributed by atoms with Gasteiger partial charge in [0.2, 0.25) is 0 Å². The summed E-state index contributed by atoms with van der Waals surface area (Å²) in [6.07, 6.45) is 0. The van der Waals surface area contributed by atoms with Crippen LogP contribution in [0, 0.1) is 0 Å². The molecule has 0 bridgehead atoms. The van der Waals surface area contributed by atoms with Crippen LogP contribution < -0.4 is 0 Å². The summed E-state index contributed by atoms with van der Waals surface area (Å²) in [5, 5.41) is 19.1. The molecule has 0 aliphatic carbocycles. The molecule has 9 heavy (non-hydrogen) atoms. The van der Waals surface area contributed by atoms with Crippen LogP contribution in [0.3, 0.4) is 0 Å². The van der Waals surface area contributed by atoms with Crippen LogP contribution in [0.25, 0.3) is 0 Å². The van der Waals surface area contributed by atoms with E-state index in [0.717, 1.165) is 0 Å². The molecule has 0 atom stereocenters. The van der Waals surface area contributed by atoms with Crippen LogP contribution in [-0.2, 0) is 11.7 Å². The maximum absolute atomic E-state index is 10.2. The van der Waals surface area contributed by atoms with Crippen LogP contribution in [0.1, 0.15) is 5.56 Å². The molecule has 0 saturated carbocycles. The fraction of sp³-hybridized carbons (Fsp3) is 0.143. The zero-order valence-corrected chi connectivity index (χ0v) is 4.87. The molecule has 0 heterocycles. The molecule has 0 saturated heterocycles. The van der Waals surface area contributed by atoms with Gasteiger partial charge in [-0.25, -0.2) is 5.11 Å². The highest BCUT2D eigenvalue weighted by molar-refractivity contribution is 5.30. The Labute approximate surface area is 53.4 Å². The standard InChI is InChI=1S/C7H7O2/c8-5-6-3-1-2-4-7(6)9/h1-4,9H,5H2. The van der Waals surface area contributed by atoms with Gasteiger partial charge in [0.25, 0.3) is 0 Å². The number of phenolic OH excluding ortho intramolecular Hbond substituents is 1. The van der Waals surface area contributed by atoms with Gasteiger partial charge in [0.1, 0.15) is 12.4 Å². The van der Waals surface area contributed by atoms with Gasteiger partial charge in [0, 0.05) is 5.56 Å². The molecule has 0 aliphatic heterocycles. The maximum atomic E-state index is 10.2. The van der Waals surface area contributed by atoms with Crippen LogP contribution in [0.15, 0.2) is 24.3 Å². The molecule has 0 aromatic heterocycles. The van der Waals surface area contributed by atoms with Crippen molar-refractivity contribution in [1.29, 1.82) is 0 Å². The molecule has 0 aliphatic rings. The van der Waals surface area contributed by atoms with Crippen LogP contribution in [0.4, 0.5) is 0 Å². The van der Waals surface area contributed by atoms with E-state index in [4.69, 9.17) is 5.11 Å². The van der Waals surface area contributed by atoms with Crippen LogP contribution >= 0.6 is 0 Å². The summed E-state index contributed by atoms with van der Waals surface area (Å²) in [5.41, 5.74) is 0.456. The first-order chi connectivity index (χ1) is 4.34. The molecule has 2 heteroatoms. The Balaban J connectivity index is 3.01. The smallest absolute Gasteiger partial charge is 0.121 e. The number of phenols is 1. The van der Waals surface area contributed by atoms with E-state index in [9.17, 15) is 5.11 Å². The second kappa shape index (κ2) is 2.51. The lowest BCUT2D eigenvalue weighted by Gasteiger charge is -1.95. The largest absolute Gasteiger partial charge is 0.508 e. The zero-order chi connectivity index (χ0) is 6.69. The first kappa shape index (κ1) is 6.11. The summed E-state index contributed by atoms with van der Waals surface area (Å²) in [7, 11) is 0. The van der Waals surface area contributed by atoms with Crippen LogP contribution in [0.5, 0.6) is 5.75 Å². The molecular weight excluding hydrogens is 116 g/mol. The molecule has 0 fully saturated rings. The lowest BCUT2D eigenvalue weighted by Crippen LogP contribution is -1.79. The van der Waals surface area contributed by atoms with E-state index in [-0.39, 0.29) is 12.4 Å². The fourth-order valence-electron chi connectivity index (χ4n) is 0.633. The Morgan fingerprint density at radius 3 is 2.44 bits per heavy atom. The summed E-state index contributed by atoms with van der Waals surface area (Å²) in [6, 6.07) is 6.54. The minimum Gasteiger partial charge on any atom is -0.508 e. The number of para-hydroxylation sites is 1. The second-order valence-corrected chi connectivity index (χ2v) is 1.77. The Morgan fingerprint density at radius 1 is 1.33 bits per heavy atom. The summed E-state index contributed by atoms with van der Waals surface area (Å²) in [5.74, 6) is 0.0903. The van der Waals surface area contributed by atoms with E-state index in [1.807, 2.05) is 0 Å². The first-order valence-electron chi connectivity index (χ1n) is 2.69. The molecule has 1 radical (unpaired) electrons. The zero-order valence-electron chi connectivity index (χ0n) is 4.87. The molecule has 1 rings (SSSR count). The number of benzene rings is 1. The van der Waals surface area contributed by atoms with Gasteiger partial charge in [-0.05, 0) is 6.07 Å². The lowest BCUT2D eigenvalue weighted by atomic mass is 10.2. The topological polar surface area (TPSA) is 40.1 Å². The van der Waals surface area contributed by atoms with Crippen molar-refractivity contribution in [3.05, 3.63) is 29.8 Å². The summed E-state index contributed by atoms with van der Waals surface area (Å²) < 4.78 is 0. The van der Waals surface area contributed by atoms with Crippen LogP contribution in [0.2, 0.25) is 0 Å². The van der Waals surface area contributed by atoms with Gasteiger partial charge in [0.15, 0.2) is 0 Å². The Morgan fingerprint density at radius 2 is 2.00 bits per heavy atom.